The van der Waals surface area contributed by atoms with Crippen LogP contribution in [0.2, 0.25) is 0 Å². The van der Waals surface area contributed by atoms with E-state index in [0.29, 0.717) is 16.8 Å². The van der Waals surface area contributed by atoms with Gasteiger partial charge in [-0.2, -0.15) is 30.2 Å². The van der Waals surface area contributed by atoms with E-state index in [1.165, 1.54) is 17.8 Å². The molecular weight excluding hydrogens is 313 g/mol. The number of benzene rings is 1. The molecule has 3 nitrogen and oxygen atoms in total. The van der Waals surface area contributed by atoms with Gasteiger partial charge < -0.3 is 5.11 Å². The standard InChI is InChI=1S/C15H15F3N2OS/c1-3-22-8-14(2,21)13-6-10-4-5-11(15(16,17)18)7-12(10)20(13)9-19/h4-7,21H,3,8H2,1-2H3. The zero-order chi connectivity index (χ0) is 16.5. The Morgan fingerprint density at radius 2 is 2.00 bits per heavy atom. The van der Waals surface area contributed by atoms with Crippen LogP contribution < -0.4 is 0 Å². The van der Waals surface area contributed by atoms with Crippen molar-refractivity contribution in [2.75, 3.05) is 11.5 Å². The normalized spacial score (nSPS) is 14.8. The van der Waals surface area contributed by atoms with Gasteiger partial charge in [0.05, 0.1) is 16.8 Å². The number of nitriles is 1. The zero-order valence-electron chi connectivity index (χ0n) is 12.1. The third-order valence-electron chi connectivity index (χ3n) is 3.37. The van der Waals surface area contributed by atoms with Crippen LogP contribution in [0.5, 0.6) is 0 Å². The van der Waals surface area contributed by atoms with Crippen LogP contribution in [0.3, 0.4) is 0 Å². The van der Waals surface area contributed by atoms with Crippen LogP contribution in [0, 0.1) is 11.5 Å². The number of rotatable bonds is 4. The summed E-state index contributed by atoms with van der Waals surface area (Å²) in [5, 5.41) is 20.3. The summed E-state index contributed by atoms with van der Waals surface area (Å²) in [6, 6.07) is 4.79. The predicted molar refractivity (Wildman–Crippen MR) is 80.5 cm³/mol. The van der Waals surface area contributed by atoms with Gasteiger partial charge in [0.2, 0.25) is 0 Å². The highest BCUT2D eigenvalue weighted by atomic mass is 32.2. The molecule has 0 aliphatic carbocycles. The first-order chi connectivity index (χ1) is 10.2. The fourth-order valence-electron chi connectivity index (χ4n) is 2.26. The van der Waals surface area contributed by atoms with Crippen molar-refractivity contribution in [1.82, 2.24) is 4.57 Å². The Morgan fingerprint density at radius 3 is 2.55 bits per heavy atom. The Hall–Kier alpha value is -1.65. The summed E-state index contributed by atoms with van der Waals surface area (Å²) in [5.74, 6) is 1.15. The molecular formula is C15H15F3N2OS. The molecule has 2 rings (SSSR count). The van der Waals surface area contributed by atoms with Gasteiger partial charge >= 0.3 is 6.18 Å². The van der Waals surface area contributed by atoms with Crippen molar-refractivity contribution in [3.8, 4) is 6.19 Å². The van der Waals surface area contributed by atoms with Gasteiger partial charge in [0.15, 0.2) is 6.19 Å². The molecule has 0 bridgehead atoms. The Labute approximate surface area is 130 Å². The fourth-order valence-corrected chi connectivity index (χ4v) is 3.01. The van der Waals surface area contributed by atoms with Crippen LogP contribution in [0.1, 0.15) is 25.1 Å². The lowest BCUT2D eigenvalue weighted by atomic mass is 10.1. The van der Waals surface area contributed by atoms with Gasteiger partial charge in [-0.15, -0.1) is 0 Å². The minimum atomic E-state index is -4.47. The number of aliphatic hydroxyl groups is 1. The van der Waals surface area contributed by atoms with Gasteiger partial charge in [-0.05, 0) is 30.9 Å². The first kappa shape index (κ1) is 16.7. The van der Waals surface area contributed by atoms with E-state index in [0.717, 1.165) is 22.5 Å². The average molecular weight is 328 g/mol. The van der Waals surface area contributed by atoms with Crippen LogP contribution in [0.25, 0.3) is 10.9 Å². The summed E-state index contributed by atoms with van der Waals surface area (Å²) in [4.78, 5) is 0. The van der Waals surface area contributed by atoms with E-state index in [1.807, 2.05) is 13.1 Å². The van der Waals surface area contributed by atoms with Crippen LogP contribution >= 0.6 is 11.8 Å². The Balaban J connectivity index is 2.61. The van der Waals surface area contributed by atoms with E-state index in [1.54, 1.807) is 13.0 Å². The van der Waals surface area contributed by atoms with E-state index in [9.17, 15) is 23.5 Å². The molecule has 1 N–H and O–H groups in total. The Morgan fingerprint density at radius 1 is 1.32 bits per heavy atom. The van der Waals surface area contributed by atoms with Crippen molar-refractivity contribution in [2.24, 2.45) is 0 Å². The highest BCUT2D eigenvalue weighted by Crippen LogP contribution is 2.35. The van der Waals surface area contributed by atoms with Crippen molar-refractivity contribution in [2.45, 2.75) is 25.6 Å². The summed E-state index contributed by atoms with van der Waals surface area (Å²) < 4.78 is 39.5. The number of halogens is 3. The Bertz CT molecular complexity index is 729. The fraction of sp³-hybridized carbons (Fsp3) is 0.400. The van der Waals surface area contributed by atoms with Crippen LogP contribution in [-0.2, 0) is 11.8 Å². The second-order valence-corrected chi connectivity index (χ2v) is 6.42. The maximum Gasteiger partial charge on any atom is 0.416 e. The summed E-state index contributed by atoms with van der Waals surface area (Å²) in [5.41, 5.74) is -1.67. The number of aromatic nitrogens is 1. The topological polar surface area (TPSA) is 49.0 Å². The molecule has 2 aromatic rings. The lowest BCUT2D eigenvalue weighted by Gasteiger charge is -2.22. The molecule has 0 saturated heterocycles. The molecule has 1 aromatic carbocycles. The van der Waals surface area contributed by atoms with Gasteiger partial charge in [-0.25, -0.2) is 4.57 Å². The SMILES string of the molecule is CCSCC(C)(O)c1cc2ccc(C(F)(F)F)cc2n1C#N. The van der Waals surface area contributed by atoms with Gasteiger partial charge in [0, 0.05) is 11.1 Å². The summed E-state index contributed by atoms with van der Waals surface area (Å²) in [7, 11) is 0. The Kier molecular flexibility index (Phi) is 4.45. The third-order valence-corrected chi connectivity index (χ3v) is 4.55. The van der Waals surface area contributed by atoms with Gasteiger partial charge in [-0.1, -0.05) is 13.0 Å². The van der Waals surface area contributed by atoms with Crippen LogP contribution in [0.4, 0.5) is 13.2 Å². The number of fused-ring (bicyclic) bond motifs is 1. The first-order valence-corrected chi connectivity index (χ1v) is 7.79. The molecule has 22 heavy (non-hydrogen) atoms. The van der Waals surface area contributed by atoms with E-state index in [2.05, 4.69) is 0 Å². The average Bonchev–Trinajstić information content (AvgIpc) is 2.82. The van der Waals surface area contributed by atoms with Gasteiger partial charge in [-0.3, -0.25) is 0 Å². The summed E-state index contributed by atoms with van der Waals surface area (Å²) in [6.45, 7) is 3.50. The summed E-state index contributed by atoms with van der Waals surface area (Å²) >= 11 is 1.49. The smallest absolute Gasteiger partial charge is 0.383 e. The zero-order valence-corrected chi connectivity index (χ0v) is 12.9. The van der Waals surface area contributed by atoms with Crippen molar-refractivity contribution in [1.29, 1.82) is 5.26 Å². The monoisotopic (exact) mass is 328 g/mol. The molecule has 1 heterocycles. The summed E-state index contributed by atoms with van der Waals surface area (Å²) in [6.07, 6.45) is -2.61. The highest BCUT2D eigenvalue weighted by Gasteiger charge is 2.32. The maximum atomic E-state index is 12.8. The molecule has 0 amide bonds. The van der Waals surface area contributed by atoms with Crippen LogP contribution in [0.15, 0.2) is 24.3 Å². The molecule has 7 heteroatoms. The van der Waals surface area contributed by atoms with E-state index >= 15 is 0 Å². The van der Waals surface area contributed by atoms with Crippen molar-refractivity contribution < 1.29 is 18.3 Å². The number of alkyl halides is 3. The van der Waals surface area contributed by atoms with E-state index in [-0.39, 0.29) is 5.52 Å². The molecule has 118 valence electrons. The molecule has 0 radical (unpaired) electrons. The van der Waals surface area contributed by atoms with Crippen molar-refractivity contribution in [3.63, 3.8) is 0 Å². The highest BCUT2D eigenvalue weighted by molar-refractivity contribution is 7.99. The third kappa shape index (κ3) is 3.08. The van der Waals surface area contributed by atoms with Crippen molar-refractivity contribution >= 4 is 22.7 Å². The number of hydrogen-bond acceptors (Lipinski definition) is 3. The molecule has 0 saturated carbocycles. The molecule has 0 fully saturated rings. The second-order valence-electron chi connectivity index (χ2n) is 5.15. The molecule has 0 aliphatic rings. The molecule has 1 unspecified atom stereocenters. The minimum Gasteiger partial charge on any atom is -0.383 e. The maximum absolute atomic E-state index is 12.8. The lowest BCUT2D eigenvalue weighted by Crippen LogP contribution is -2.27. The number of nitrogens with zero attached hydrogens (tertiary/aromatic N) is 2. The molecule has 1 aromatic heterocycles. The molecule has 0 aliphatic heterocycles. The second kappa shape index (κ2) is 5.86. The van der Waals surface area contributed by atoms with Crippen molar-refractivity contribution in [3.05, 3.63) is 35.5 Å². The van der Waals surface area contributed by atoms with Gasteiger partial charge in [0.25, 0.3) is 0 Å². The van der Waals surface area contributed by atoms with Gasteiger partial charge in [0.1, 0.15) is 5.60 Å². The number of hydrogen-bond donors (Lipinski definition) is 1. The van der Waals surface area contributed by atoms with Crippen LogP contribution in [-0.4, -0.2) is 21.2 Å². The van der Waals surface area contributed by atoms with E-state index < -0.39 is 17.3 Å². The molecule has 1 atom stereocenters. The molecule has 0 spiro atoms. The van der Waals surface area contributed by atoms with E-state index in [4.69, 9.17) is 0 Å². The predicted octanol–water partition coefficient (Wildman–Crippen LogP) is 3.95. The number of thioether (sulfide) groups is 1. The minimum absolute atomic E-state index is 0.147. The lowest BCUT2D eigenvalue weighted by molar-refractivity contribution is -0.137. The quantitative estimate of drug-likeness (QED) is 0.924. The largest absolute Gasteiger partial charge is 0.416 e. The first-order valence-electron chi connectivity index (χ1n) is 6.64.